The zero-order chi connectivity index (χ0) is 16.2. The van der Waals surface area contributed by atoms with Crippen LogP contribution in [0.3, 0.4) is 0 Å². The lowest BCUT2D eigenvalue weighted by Gasteiger charge is -2.29. The van der Waals surface area contributed by atoms with Gasteiger partial charge in [-0.05, 0) is 24.3 Å². The van der Waals surface area contributed by atoms with Crippen molar-refractivity contribution in [2.75, 3.05) is 36.4 Å². The number of hydrogen-bond donors (Lipinski definition) is 2. The number of anilines is 2. The van der Waals surface area contributed by atoms with Crippen LogP contribution in [-0.4, -0.2) is 37.1 Å². The number of halogens is 2. The highest BCUT2D eigenvalue weighted by atomic mass is 35.5. The topological polar surface area (TPSA) is 57.3 Å². The van der Waals surface area contributed by atoms with E-state index in [1.807, 2.05) is 0 Å². The van der Waals surface area contributed by atoms with Gasteiger partial charge in [0.25, 0.3) is 5.91 Å². The molecule has 0 aliphatic carbocycles. The smallest absolute Gasteiger partial charge is 0.257 e. The molecule has 2 aromatic rings. The van der Waals surface area contributed by atoms with Crippen LogP contribution in [0.25, 0.3) is 0 Å². The average Bonchev–Trinajstić information content (AvgIpc) is 2.55. The third-order valence-electron chi connectivity index (χ3n) is 3.58. The minimum atomic E-state index is -0.270. The third-order valence-corrected chi connectivity index (χ3v) is 4.10. The first-order valence-electron chi connectivity index (χ1n) is 7.31. The van der Waals surface area contributed by atoms with Crippen molar-refractivity contribution >= 4 is 40.6 Å². The fraction of sp³-hybridized carbons (Fsp3) is 0.250. The van der Waals surface area contributed by atoms with E-state index in [4.69, 9.17) is 23.2 Å². The molecule has 0 radical (unpaired) electrons. The molecule has 1 aromatic heterocycles. The van der Waals surface area contributed by atoms with Gasteiger partial charge >= 0.3 is 0 Å². The van der Waals surface area contributed by atoms with E-state index in [2.05, 4.69) is 20.5 Å². The molecule has 0 bridgehead atoms. The van der Waals surface area contributed by atoms with E-state index < -0.39 is 0 Å². The Kier molecular flexibility index (Phi) is 5.00. The minimum absolute atomic E-state index is 0.270. The second-order valence-corrected chi connectivity index (χ2v) is 6.07. The van der Waals surface area contributed by atoms with Gasteiger partial charge in [0.2, 0.25) is 0 Å². The van der Waals surface area contributed by atoms with Crippen molar-refractivity contribution in [2.45, 2.75) is 0 Å². The summed E-state index contributed by atoms with van der Waals surface area (Å²) in [5.74, 6) is 0.445. The van der Waals surface area contributed by atoms with Gasteiger partial charge in [0.05, 0.1) is 10.6 Å². The molecule has 5 nitrogen and oxygen atoms in total. The van der Waals surface area contributed by atoms with Crippen LogP contribution in [0.5, 0.6) is 0 Å². The highest BCUT2D eigenvalue weighted by Crippen LogP contribution is 2.25. The minimum Gasteiger partial charge on any atom is -0.353 e. The van der Waals surface area contributed by atoms with E-state index >= 15 is 0 Å². The Morgan fingerprint density at radius 3 is 2.70 bits per heavy atom. The summed E-state index contributed by atoms with van der Waals surface area (Å²) in [6.45, 7) is 3.49. The van der Waals surface area contributed by atoms with Crippen molar-refractivity contribution in [1.82, 2.24) is 10.3 Å². The number of hydrogen-bond acceptors (Lipinski definition) is 4. The Bertz CT molecular complexity index is 717. The Morgan fingerprint density at radius 1 is 1.22 bits per heavy atom. The van der Waals surface area contributed by atoms with Crippen molar-refractivity contribution in [3.05, 3.63) is 52.1 Å². The van der Waals surface area contributed by atoms with E-state index in [0.29, 0.717) is 27.1 Å². The molecule has 1 amide bonds. The van der Waals surface area contributed by atoms with Crippen LogP contribution >= 0.6 is 23.2 Å². The number of nitrogens with one attached hydrogen (secondary N) is 2. The number of piperazine rings is 1. The monoisotopic (exact) mass is 350 g/mol. The lowest BCUT2D eigenvalue weighted by Crippen LogP contribution is -2.44. The lowest BCUT2D eigenvalue weighted by atomic mass is 10.2. The lowest BCUT2D eigenvalue weighted by molar-refractivity contribution is 0.102. The molecule has 0 atom stereocenters. The maximum Gasteiger partial charge on any atom is 0.257 e. The number of benzene rings is 1. The molecule has 3 rings (SSSR count). The van der Waals surface area contributed by atoms with Gasteiger partial charge in [0, 0.05) is 43.1 Å². The van der Waals surface area contributed by atoms with Gasteiger partial charge in [-0.1, -0.05) is 29.3 Å². The Balaban J connectivity index is 1.75. The molecular formula is C16H16Cl2N4O. The summed E-state index contributed by atoms with van der Waals surface area (Å²) in [6, 6.07) is 8.62. The molecule has 0 unspecified atom stereocenters. The molecular weight excluding hydrogens is 335 g/mol. The zero-order valence-electron chi connectivity index (χ0n) is 12.4. The first-order chi connectivity index (χ1) is 11.1. The van der Waals surface area contributed by atoms with E-state index in [0.717, 1.165) is 26.2 Å². The summed E-state index contributed by atoms with van der Waals surface area (Å²) in [4.78, 5) is 18.8. The number of carbonyl (C=O) groups excluding carboxylic acids is 1. The molecule has 1 aliphatic rings. The van der Waals surface area contributed by atoms with Gasteiger partial charge in [-0.25, -0.2) is 4.98 Å². The summed E-state index contributed by atoms with van der Waals surface area (Å²) >= 11 is 12.2. The van der Waals surface area contributed by atoms with Crippen LogP contribution in [0.1, 0.15) is 10.4 Å². The molecule has 0 spiro atoms. The first kappa shape index (κ1) is 16.1. The van der Waals surface area contributed by atoms with Gasteiger partial charge in [-0.15, -0.1) is 0 Å². The SMILES string of the molecule is O=C(Nc1cccc(Cl)c1)c1cnc(N2CCNCC2)c(Cl)c1. The van der Waals surface area contributed by atoms with Gasteiger partial charge < -0.3 is 15.5 Å². The Hall–Kier alpha value is -1.82. The van der Waals surface area contributed by atoms with E-state index in [1.54, 1.807) is 36.5 Å². The first-order valence-corrected chi connectivity index (χ1v) is 8.07. The second-order valence-electron chi connectivity index (χ2n) is 5.23. The number of rotatable bonds is 3. The van der Waals surface area contributed by atoms with Crippen molar-refractivity contribution in [3.8, 4) is 0 Å². The summed E-state index contributed by atoms with van der Waals surface area (Å²) < 4.78 is 0. The predicted octanol–water partition coefficient (Wildman–Crippen LogP) is 3.05. The number of amides is 1. The number of pyridine rings is 1. The molecule has 23 heavy (non-hydrogen) atoms. The van der Waals surface area contributed by atoms with Gasteiger partial charge in [-0.3, -0.25) is 4.79 Å². The Morgan fingerprint density at radius 2 is 2.00 bits per heavy atom. The van der Waals surface area contributed by atoms with Crippen LogP contribution in [0.15, 0.2) is 36.5 Å². The van der Waals surface area contributed by atoms with Gasteiger partial charge in [0.1, 0.15) is 5.82 Å². The third kappa shape index (κ3) is 3.93. The number of carbonyl (C=O) groups is 1. The summed E-state index contributed by atoms with van der Waals surface area (Å²) in [5.41, 5.74) is 1.04. The van der Waals surface area contributed by atoms with Crippen molar-refractivity contribution in [2.24, 2.45) is 0 Å². The summed E-state index contributed by atoms with van der Waals surface area (Å²) in [5, 5.41) is 7.10. The second kappa shape index (κ2) is 7.17. The molecule has 2 heterocycles. The summed E-state index contributed by atoms with van der Waals surface area (Å²) in [7, 11) is 0. The largest absolute Gasteiger partial charge is 0.353 e. The molecule has 1 fully saturated rings. The van der Waals surface area contributed by atoms with Gasteiger partial charge in [0.15, 0.2) is 0 Å². The summed E-state index contributed by atoms with van der Waals surface area (Å²) in [6.07, 6.45) is 1.54. The fourth-order valence-corrected chi connectivity index (χ4v) is 2.91. The molecule has 120 valence electrons. The maximum absolute atomic E-state index is 12.3. The van der Waals surface area contributed by atoms with Gasteiger partial charge in [-0.2, -0.15) is 0 Å². The van der Waals surface area contributed by atoms with Crippen LogP contribution in [0, 0.1) is 0 Å². The van der Waals surface area contributed by atoms with Crippen LogP contribution < -0.4 is 15.5 Å². The van der Waals surface area contributed by atoms with Crippen molar-refractivity contribution in [3.63, 3.8) is 0 Å². The van der Waals surface area contributed by atoms with E-state index in [-0.39, 0.29) is 5.91 Å². The van der Waals surface area contributed by atoms with E-state index in [1.165, 1.54) is 0 Å². The maximum atomic E-state index is 12.3. The fourth-order valence-electron chi connectivity index (χ4n) is 2.43. The standard InChI is InChI=1S/C16H16Cl2N4O/c17-12-2-1-3-13(9-12)21-16(23)11-8-14(18)15(20-10-11)22-6-4-19-5-7-22/h1-3,8-10,19H,4-7H2,(H,21,23). The van der Waals surface area contributed by atoms with Crippen molar-refractivity contribution < 1.29 is 4.79 Å². The highest BCUT2D eigenvalue weighted by Gasteiger charge is 2.17. The molecule has 2 N–H and O–H groups in total. The van der Waals surface area contributed by atoms with Crippen LogP contribution in [0.2, 0.25) is 10.0 Å². The number of aromatic nitrogens is 1. The number of nitrogens with zero attached hydrogens (tertiary/aromatic N) is 2. The quantitative estimate of drug-likeness (QED) is 0.893. The molecule has 1 aliphatic heterocycles. The molecule has 1 aromatic carbocycles. The molecule has 1 saturated heterocycles. The van der Waals surface area contributed by atoms with Crippen LogP contribution in [0.4, 0.5) is 11.5 Å². The van der Waals surface area contributed by atoms with Crippen LogP contribution in [-0.2, 0) is 0 Å². The Labute approximate surface area is 144 Å². The highest BCUT2D eigenvalue weighted by molar-refractivity contribution is 6.33. The normalized spacial score (nSPS) is 14.6. The van der Waals surface area contributed by atoms with Crippen molar-refractivity contribution in [1.29, 1.82) is 0 Å². The molecule has 0 saturated carbocycles. The van der Waals surface area contributed by atoms with E-state index in [9.17, 15) is 4.79 Å². The predicted molar refractivity (Wildman–Crippen MR) is 93.7 cm³/mol. The average molecular weight is 351 g/mol. The zero-order valence-corrected chi connectivity index (χ0v) is 13.9. The molecule has 7 heteroatoms.